The fourth-order valence-corrected chi connectivity index (χ4v) is 2.45. The van der Waals surface area contributed by atoms with Gasteiger partial charge in [0.15, 0.2) is 0 Å². The van der Waals surface area contributed by atoms with Gasteiger partial charge < -0.3 is 26.4 Å². The fourth-order valence-electron chi connectivity index (χ4n) is 1.65. The van der Waals surface area contributed by atoms with Crippen molar-refractivity contribution in [2.24, 2.45) is 11.5 Å². The van der Waals surface area contributed by atoms with E-state index >= 15 is 0 Å². The van der Waals surface area contributed by atoms with Crippen molar-refractivity contribution >= 4 is 38.4 Å². The summed E-state index contributed by atoms with van der Waals surface area (Å²) in [4.78, 5) is 28.5. The lowest BCUT2D eigenvalue weighted by Gasteiger charge is -2.11. The van der Waals surface area contributed by atoms with E-state index in [1.165, 1.54) is 6.08 Å². The molecule has 7 N–H and O–H groups in total. The second kappa shape index (κ2) is 13.5. The highest BCUT2D eigenvalue weighted by atomic mass is 35.5. The minimum Gasteiger partial charge on any atom is -0.480 e. The molecule has 0 fully saturated rings. The first-order valence-corrected chi connectivity index (χ1v) is 7.98. The van der Waals surface area contributed by atoms with Crippen LogP contribution in [0.5, 0.6) is 0 Å². The number of carboxylic acid groups (broad SMARTS) is 1. The number of aliphatic carboxylic acids is 1. The van der Waals surface area contributed by atoms with E-state index in [2.05, 4.69) is 0 Å². The molecule has 1 atom stereocenters. The van der Waals surface area contributed by atoms with Crippen molar-refractivity contribution in [3.8, 4) is 0 Å². The molecule has 0 aliphatic heterocycles. The highest BCUT2D eigenvalue weighted by molar-refractivity contribution is 7.52. The third-order valence-corrected chi connectivity index (χ3v) is 3.38. The number of carboxylic acids is 1. The second-order valence-electron chi connectivity index (χ2n) is 4.46. The third-order valence-electron chi connectivity index (χ3n) is 2.56. The SMILES string of the molecule is Cl.Cl.NCCCCCCC(=CC(N)C(=O)O)CP(=O)(O)O. The van der Waals surface area contributed by atoms with E-state index in [0.29, 0.717) is 18.5 Å². The minimum atomic E-state index is -4.21. The summed E-state index contributed by atoms with van der Waals surface area (Å²) in [6, 6.07) is -1.23. The Morgan fingerprint density at radius 3 is 2.10 bits per heavy atom. The van der Waals surface area contributed by atoms with Crippen LogP contribution in [0.1, 0.15) is 32.1 Å². The second-order valence-corrected chi connectivity index (χ2v) is 6.11. The number of hydrogen-bond acceptors (Lipinski definition) is 4. The van der Waals surface area contributed by atoms with Gasteiger partial charge in [0.2, 0.25) is 0 Å². The van der Waals surface area contributed by atoms with E-state index < -0.39 is 25.8 Å². The molecule has 0 spiro atoms. The smallest absolute Gasteiger partial charge is 0.329 e. The van der Waals surface area contributed by atoms with Crippen molar-refractivity contribution in [1.82, 2.24) is 0 Å². The van der Waals surface area contributed by atoms with Gasteiger partial charge in [-0.25, -0.2) is 0 Å². The molecule has 0 aliphatic carbocycles. The molecule has 0 aromatic heterocycles. The molecule has 0 aromatic rings. The number of allylic oxidation sites excluding steroid dienone is 1. The van der Waals surface area contributed by atoms with Gasteiger partial charge in [-0.15, -0.1) is 24.8 Å². The maximum atomic E-state index is 11.0. The quantitative estimate of drug-likeness (QED) is 0.222. The Morgan fingerprint density at radius 2 is 1.67 bits per heavy atom. The number of hydrogen-bond donors (Lipinski definition) is 5. The third kappa shape index (κ3) is 16.1. The van der Waals surface area contributed by atoms with Crippen LogP contribution in [0.3, 0.4) is 0 Å². The van der Waals surface area contributed by atoms with Crippen LogP contribution < -0.4 is 11.5 Å². The number of rotatable bonds is 10. The maximum Gasteiger partial charge on any atom is 0.329 e. The lowest BCUT2D eigenvalue weighted by atomic mass is 10.1. The van der Waals surface area contributed by atoms with Crippen molar-refractivity contribution in [2.45, 2.75) is 38.1 Å². The van der Waals surface area contributed by atoms with Crippen molar-refractivity contribution in [1.29, 1.82) is 0 Å². The molecule has 128 valence electrons. The highest BCUT2D eigenvalue weighted by Gasteiger charge is 2.18. The van der Waals surface area contributed by atoms with Crippen LogP contribution in [0.4, 0.5) is 0 Å². The molecule has 0 rings (SSSR count). The Hall–Kier alpha value is -0.140. The highest BCUT2D eigenvalue weighted by Crippen LogP contribution is 2.38. The van der Waals surface area contributed by atoms with Gasteiger partial charge in [0.25, 0.3) is 0 Å². The molecule has 0 bridgehead atoms. The molecule has 0 saturated carbocycles. The van der Waals surface area contributed by atoms with Crippen LogP contribution in [0, 0.1) is 0 Å². The molecule has 1 unspecified atom stereocenters. The first-order chi connectivity index (χ1) is 8.76. The minimum absolute atomic E-state index is 0. The van der Waals surface area contributed by atoms with Crippen LogP contribution in [0.15, 0.2) is 11.6 Å². The average molecular weight is 367 g/mol. The summed E-state index contributed by atoms with van der Waals surface area (Å²) in [6.45, 7) is 0.620. The number of unbranched alkanes of at least 4 members (excludes halogenated alkanes) is 3. The molecule has 0 saturated heterocycles. The van der Waals surface area contributed by atoms with E-state index in [1.54, 1.807) is 0 Å². The molecule has 7 nitrogen and oxygen atoms in total. The van der Waals surface area contributed by atoms with E-state index in [-0.39, 0.29) is 24.8 Å². The predicted molar refractivity (Wildman–Crippen MR) is 87.2 cm³/mol. The normalized spacial score (nSPS) is 13.0. The predicted octanol–water partition coefficient (Wildman–Crippen LogP) is 1.26. The topological polar surface area (TPSA) is 147 Å². The Balaban J connectivity index is -0.00000162. The van der Waals surface area contributed by atoms with Crippen LogP contribution in [-0.2, 0) is 9.36 Å². The van der Waals surface area contributed by atoms with Gasteiger partial charge in [0.1, 0.15) is 6.04 Å². The lowest BCUT2D eigenvalue weighted by molar-refractivity contribution is -0.137. The van der Waals surface area contributed by atoms with Crippen molar-refractivity contribution in [3.05, 3.63) is 11.6 Å². The number of halogens is 2. The van der Waals surface area contributed by atoms with Crippen molar-refractivity contribution < 1.29 is 24.3 Å². The summed E-state index contributed by atoms with van der Waals surface area (Å²) in [5.74, 6) is -1.22. The van der Waals surface area contributed by atoms with Crippen LogP contribution in [0.25, 0.3) is 0 Å². The number of nitrogens with two attached hydrogens (primary N) is 2. The molecular formula is C11H25Cl2N2O5P. The molecule has 0 aliphatic rings. The van der Waals surface area contributed by atoms with E-state index in [1.807, 2.05) is 0 Å². The van der Waals surface area contributed by atoms with E-state index in [0.717, 1.165) is 25.7 Å². The average Bonchev–Trinajstić information content (AvgIpc) is 2.26. The lowest BCUT2D eigenvalue weighted by Crippen LogP contribution is -2.28. The van der Waals surface area contributed by atoms with Crippen molar-refractivity contribution in [3.63, 3.8) is 0 Å². The summed E-state index contributed by atoms with van der Waals surface area (Å²) >= 11 is 0. The van der Waals surface area contributed by atoms with Gasteiger partial charge in [-0.1, -0.05) is 24.5 Å². The van der Waals surface area contributed by atoms with Gasteiger partial charge >= 0.3 is 13.6 Å². The first-order valence-electron chi connectivity index (χ1n) is 6.19. The zero-order valence-electron chi connectivity index (χ0n) is 11.7. The standard InChI is InChI=1S/C11H23N2O5P.2ClH/c12-6-4-2-1-3-5-9(8-19(16,17)18)7-10(13)11(14)15;;/h7,10H,1-6,8,12-13H2,(H,14,15)(H2,16,17,18);2*1H. The van der Waals surface area contributed by atoms with E-state index in [4.69, 9.17) is 26.4 Å². The van der Waals surface area contributed by atoms with Crippen LogP contribution in [0.2, 0.25) is 0 Å². The molecule has 0 aromatic carbocycles. The van der Waals surface area contributed by atoms with E-state index in [9.17, 15) is 9.36 Å². The van der Waals surface area contributed by atoms with Gasteiger partial charge in [0.05, 0.1) is 6.16 Å². The summed E-state index contributed by atoms with van der Waals surface area (Å²) in [6.07, 6.45) is 4.71. The van der Waals surface area contributed by atoms with Gasteiger partial charge in [0, 0.05) is 0 Å². The van der Waals surface area contributed by atoms with Gasteiger partial charge in [-0.3, -0.25) is 9.36 Å². The Kier molecular flexibility index (Phi) is 16.6. The first kappa shape index (κ1) is 25.8. The molecular weight excluding hydrogens is 342 g/mol. The Morgan fingerprint density at radius 1 is 1.14 bits per heavy atom. The summed E-state index contributed by atoms with van der Waals surface area (Å²) in [5.41, 5.74) is 11.1. The zero-order valence-corrected chi connectivity index (χ0v) is 14.2. The summed E-state index contributed by atoms with van der Waals surface area (Å²) < 4.78 is 11.0. The fraction of sp³-hybridized carbons (Fsp3) is 0.727. The maximum absolute atomic E-state index is 11.0. The Labute approximate surface area is 137 Å². The van der Waals surface area contributed by atoms with Crippen molar-refractivity contribution in [2.75, 3.05) is 12.7 Å². The molecule has 21 heavy (non-hydrogen) atoms. The molecule has 0 heterocycles. The Bertz CT molecular complexity index is 363. The zero-order chi connectivity index (χ0) is 14.9. The number of carbonyl (C=O) groups is 1. The summed E-state index contributed by atoms with van der Waals surface area (Å²) in [7, 11) is -4.21. The molecule has 0 radical (unpaired) electrons. The van der Waals surface area contributed by atoms with Gasteiger partial charge in [-0.05, 0) is 25.8 Å². The van der Waals surface area contributed by atoms with Gasteiger partial charge in [-0.2, -0.15) is 0 Å². The monoisotopic (exact) mass is 366 g/mol. The summed E-state index contributed by atoms with van der Waals surface area (Å²) in [5, 5.41) is 8.69. The van der Waals surface area contributed by atoms with Crippen LogP contribution in [-0.4, -0.2) is 39.6 Å². The largest absolute Gasteiger partial charge is 0.480 e. The molecule has 0 amide bonds. The molecule has 10 heteroatoms. The van der Waals surface area contributed by atoms with Crippen LogP contribution >= 0.6 is 32.4 Å².